The number of carbonyl (C=O) groups excluding carboxylic acids is 2. The molecule has 0 bridgehead atoms. The fourth-order valence-corrected chi connectivity index (χ4v) is 1.91. The number of benzene rings is 1. The van der Waals surface area contributed by atoms with Crippen molar-refractivity contribution < 1.29 is 9.59 Å². The highest BCUT2D eigenvalue weighted by atomic mass is 16.2. The van der Waals surface area contributed by atoms with Gasteiger partial charge in [-0.25, -0.2) is 0 Å². The summed E-state index contributed by atoms with van der Waals surface area (Å²) in [6.45, 7) is 2.03. The monoisotopic (exact) mass is 277 g/mol. The van der Waals surface area contributed by atoms with E-state index in [9.17, 15) is 9.59 Å². The second kappa shape index (κ2) is 8.32. The van der Waals surface area contributed by atoms with Gasteiger partial charge >= 0.3 is 0 Å². The zero-order valence-corrected chi connectivity index (χ0v) is 11.8. The van der Waals surface area contributed by atoms with E-state index in [0.29, 0.717) is 12.8 Å². The molecule has 5 N–H and O–H groups in total. The molecule has 5 nitrogen and oxygen atoms in total. The van der Waals surface area contributed by atoms with Gasteiger partial charge in [-0.2, -0.15) is 0 Å². The molecule has 2 amide bonds. The fraction of sp³-hybridized carbons (Fsp3) is 0.467. The summed E-state index contributed by atoms with van der Waals surface area (Å²) in [5.41, 5.74) is 12.1. The highest BCUT2D eigenvalue weighted by Crippen LogP contribution is 2.04. The maximum Gasteiger partial charge on any atom is 0.240 e. The summed E-state index contributed by atoms with van der Waals surface area (Å²) < 4.78 is 0. The van der Waals surface area contributed by atoms with Crippen LogP contribution in [0, 0.1) is 0 Å². The Hall–Kier alpha value is -1.88. The van der Waals surface area contributed by atoms with Gasteiger partial charge in [-0.1, -0.05) is 50.1 Å². The third kappa shape index (κ3) is 5.40. The van der Waals surface area contributed by atoms with Crippen molar-refractivity contribution in [2.75, 3.05) is 0 Å². The van der Waals surface area contributed by atoms with Crippen LogP contribution in [0.3, 0.4) is 0 Å². The molecule has 0 aromatic heterocycles. The van der Waals surface area contributed by atoms with Crippen molar-refractivity contribution in [1.82, 2.24) is 5.32 Å². The maximum absolute atomic E-state index is 11.9. The minimum absolute atomic E-state index is 0.321. The molecule has 0 aliphatic rings. The number of nitrogens with one attached hydrogen (secondary N) is 1. The predicted octanol–water partition coefficient (Wildman–Crippen LogP) is 0.717. The summed E-state index contributed by atoms with van der Waals surface area (Å²) in [7, 11) is 0. The smallest absolute Gasteiger partial charge is 0.240 e. The van der Waals surface area contributed by atoms with Gasteiger partial charge in [0.15, 0.2) is 0 Å². The molecular formula is C15H23N3O2. The average Bonchev–Trinajstić information content (AvgIpc) is 2.44. The van der Waals surface area contributed by atoms with Crippen molar-refractivity contribution in [2.24, 2.45) is 11.5 Å². The average molecular weight is 277 g/mol. The summed E-state index contributed by atoms with van der Waals surface area (Å²) in [5, 5.41) is 2.64. The van der Waals surface area contributed by atoms with E-state index >= 15 is 0 Å². The van der Waals surface area contributed by atoms with Gasteiger partial charge in [0.1, 0.15) is 6.04 Å². The molecule has 0 unspecified atom stereocenters. The summed E-state index contributed by atoms with van der Waals surface area (Å²) in [6, 6.07) is 8.11. The lowest BCUT2D eigenvalue weighted by molar-refractivity contribution is -0.128. The minimum atomic E-state index is -0.724. The van der Waals surface area contributed by atoms with Gasteiger partial charge < -0.3 is 16.8 Å². The Kier molecular flexibility index (Phi) is 6.73. The topological polar surface area (TPSA) is 98.2 Å². The van der Waals surface area contributed by atoms with E-state index < -0.39 is 18.0 Å². The van der Waals surface area contributed by atoms with Crippen molar-refractivity contribution >= 4 is 11.8 Å². The van der Waals surface area contributed by atoms with Crippen LogP contribution in [0.4, 0.5) is 0 Å². The van der Waals surface area contributed by atoms with Crippen LogP contribution in [-0.2, 0) is 16.0 Å². The third-order valence-electron chi connectivity index (χ3n) is 3.15. The molecule has 1 aromatic carbocycles. The summed E-state index contributed by atoms with van der Waals surface area (Å²) >= 11 is 0. The third-order valence-corrected chi connectivity index (χ3v) is 3.15. The van der Waals surface area contributed by atoms with Crippen LogP contribution < -0.4 is 16.8 Å². The molecule has 2 atom stereocenters. The first-order valence-electron chi connectivity index (χ1n) is 6.93. The Bertz CT molecular complexity index is 434. The molecule has 5 heteroatoms. The van der Waals surface area contributed by atoms with Gasteiger partial charge in [-0.05, 0) is 12.0 Å². The molecule has 0 radical (unpaired) electrons. The Balaban J connectivity index is 2.59. The summed E-state index contributed by atoms with van der Waals surface area (Å²) in [6.07, 6.45) is 2.85. The number of primary amides is 1. The minimum Gasteiger partial charge on any atom is -0.368 e. The molecule has 0 aliphatic heterocycles. The molecule has 0 heterocycles. The van der Waals surface area contributed by atoms with Gasteiger partial charge in [0.2, 0.25) is 11.8 Å². The van der Waals surface area contributed by atoms with Crippen molar-refractivity contribution in [3.8, 4) is 0 Å². The molecule has 20 heavy (non-hydrogen) atoms. The van der Waals surface area contributed by atoms with Gasteiger partial charge in [-0.3, -0.25) is 9.59 Å². The standard InChI is InChI=1S/C15H23N3O2/c1-2-3-9-12(16)15(20)18-13(14(17)19)10-11-7-5-4-6-8-11/h4-8,12-13H,2-3,9-10,16H2,1H3,(H2,17,19)(H,18,20)/t12-,13-/m0/s1. The number of nitrogens with two attached hydrogens (primary N) is 2. The first kappa shape index (κ1) is 16.2. The molecule has 0 saturated carbocycles. The Morgan fingerprint density at radius 2 is 1.90 bits per heavy atom. The zero-order valence-electron chi connectivity index (χ0n) is 11.8. The Morgan fingerprint density at radius 3 is 2.45 bits per heavy atom. The largest absolute Gasteiger partial charge is 0.368 e. The van der Waals surface area contributed by atoms with Crippen molar-refractivity contribution in [1.29, 1.82) is 0 Å². The molecule has 1 rings (SSSR count). The van der Waals surface area contributed by atoms with Gasteiger partial charge in [0.05, 0.1) is 6.04 Å². The summed E-state index contributed by atoms with van der Waals surface area (Å²) in [5.74, 6) is -0.872. The lowest BCUT2D eigenvalue weighted by Gasteiger charge is -2.18. The number of unbranched alkanes of at least 4 members (excludes halogenated alkanes) is 1. The zero-order chi connectivity index (χ0) is 15.0. The van der Waals surface area contributed by atoms with Crippen LogP contribution in [0.5, 0.6) is 0 Å². The summed E-state index contributed by atoms with van der Waals surface area (Å²) in [4.78, 5) is 23.4. The van der Waals surface area contributed by atoms with E-state index in [0.717, 1.165) is 18.4 Å². The van der Waals surface area contributed by atoms with Crippen LogP contribution >= 0.6 is 0 Å². The molecule has 110 valence electrons. The number of amides is 2. The van der Waals surface area contributed by atoms with Crippen molar-refractivity contribution in [3.05, 3.63) is 35.9 Å². The van der Waals surface area contributed by atoms with E-state index in [2.05, 4.69) is 5.32 Å². The van der Waals surface area contributed by atoms with Crippen molar-refractivity contribution in [2.45, 2.75) is 44.7 Å². The second-order valence-electron chi connectivity index (χ2n) is 4.90. The van der Waals surface area contributed by atoms with Crippen LogP contribution in [0.2, 0.25) is 0 Å². The molecule has 0 aliphatic carbocycles. The number of carbonyl (C=O) groups is 2. The lowest BCUT2D eigenvalue weighted by Crippen LogP contribution is -2.51. The fourth-order valence-electron chi connectivity index (χ4n) is 1.91. The van der Waals surface area contributed by atoms with Crippen LogP contribution in [0.25, 0.3) is 0 Å². The van der Waals surface area contributed by atoms with Gasteiger partial charge in [0.25, 0.3) is 0 Å². The second-order valence-corrected chi connectivity index (χ2v) is 4.90. The molecule has 0 fully saturated rings. The molecular weight excluding hydrogens is 254 g/mol. The van der Waals surface area contributed by atoms with Crippen LogP contribution in [-0.4, -0.2) is 23.9 Å². The van der Waals surface area contributed by atoms with Gasteiger partial charge in [0, 0.05) is 6.42 Å². The van der Waals surface area contributed by atoms with E-state index in [1.54, 1.807) is 0 Å². The quantitative estimate of drug-likeness (QED) is 0.653. The molecule has 0 saturated heterocycles. The van der Waals surface area contributed by atoms with E-state index in [4.69, 9.17) is 11.5 Å². The Morgan fingerprint density at radius 1 is 1.25 bits per heavy atom. The van der Waals surface area contributed by atoms with Crippen LogP contribution in [0.1, 0.15) is 31.7 Å². The van der Waals surface area contributed by atoms with Gasteiger partial charge in [-0.15, -0.1) is 0 Å². The highest BCUT2D eigenvalue weighted by molar-refractivity contribution is 5.89. The predicted molar refractivity (Wildman–Crippen MR) is 78.8 cm³/mol. The van der Waals surface area contributed by atoms with E-state index in [1.807, 2.05) is 37.3 Å². The van der Waals surface area contributed by atoms with Crippen LogP contribution in [0.15, 0.2) is 30.3 Å². The number of hydrogen-bond acceptors (Lipinski definition) is 3. The number of hydrogen-bond donors (Lipinski definition) is 3. The first-order chi connectivity index (χ1) is 9.54. The lowest BCUT2D eigenvalue weighted by atomic mass is 10.0. The maximum atomic E-state index is 11.9. The number of rotatable bonds is 8. The van der Waals surface area contributed by atoms with E-state index in [-0.39, 0.29) is 5.91 Å². The van der Waals surface area contributed by atoms with E-state index in [1.165, 1.54) is 0 Å². The SMILES string of the molecule is CCCC[C@H](N)C(=O)N[C@@H](Cc1ccccc1)C(N)=O. The van der Waals surface area contributed by atoms with Crippen molar-refractivity contribution in [3.63, 3.8) is 0 Å². The molecule has 1 aromatic rings. The molecule has 0 spiro atoms. The highest BCUT2D eigenvalue weighted by Gasteiger charge is 2.21. The Labute approximate surface area is 119 Å². The normalized spacial score (nSPS) is 13.5. The first-order valence-corrected chi connectivity index (χ1v) is 6.93.